The molecule has 1 aliphatic heterocycles. The Kier molecular flexibility index (Phi) is 7.12. The molecule has 29 heavy (non-hydrogen) atoms. The Hall–Kier alpha value is -2.57. The van der Waals surface area contributed by atoms with Crippen LogP contribution in [0.3, 0.4) is 0 Å². The number of likely N-dealkylation sites (N-methyl/N-ethyl adjacent to an activating group) is 2. The number of methoxy groups -OCH3 is 1. The van der Waals surface area contributed by atoms with Crippen molar-refractivity contribution in [3.8, 4) is 11.5 Å². The third kappa shape index (κ3) is 5.49. The second-order valence-corrected chi connectivity index (χ2v) is 7.69. The molecular formula is C23H31N3O3. The molecule has 1 saturated heterocycles. The molecule has 0 spiro atoms. The summed E-state index contributed by atoms with van der Waals surface area (Å²) in [5.74, 6) is 1.86. The van der Waals surface area contributed by atoms with Gasteiger partial charge in [-0.15, -0.1) is 0 Å². The molecule has 0 saturated carbocycles. The van der Waals surface area contributed by atoms with Crippen molar-refractivity contribution >= 4 is 5.91 Å². The molecule has 6 nitrogen and oxygen atoms in total. The standard InChI is InChI=1S/C23H31N3O3/c1-24(2)15-16-29-21-11-7-19(8-12-21)23-25(3)17-22(27)26(23)14-13-18-5-9-20(28-4)10-6-18/h5-12,23H,13-17H2,1-4H3. The van der Waals surface area contributed by atoms with Crippen molar-refractivity contribution in [1.82, 2.24) is 14.7 Å². The largest absolute Gasteiger partial charge is 0.497 e. The number of nitrogens with zero attached hydrogens (tertiary/aromatic N) is 3. The summed E-state index contributed by atoms with van der Waals surface area (Å²) in [4.78, 5) is 18.7. The van der Waals surface area contributed by atoms with Crippen LogP contribution in [0.5, 0.6) is 11.5 Å². The van der Waals surface area contributed by atoms with Crippen molar-refractivity contribution in [3.63, 3.8) is 0 Å². The molecule has 6 heteroatoms. The molecule has 1 amide bonds. The predicted octanol–water partition coefficient (Wildman–Crippen LogP) is 2.65. The molecule has 1 aliphatic rings. The van der Waals surface area contributed by atoms with Gasteiger partial charge in [0.2, 0.25) is 5.91 Å². The lowest BCUT2D eigenvalue weighted by atomic mass is 10.1. The lowest BCUT2D eigenvalue weighted by Gasteiger charge is -2.28. The van der Waals surface area contributed by atoms with E-state index in [1.54, 1.807) is 7.11 Å². The monoisotopic (exact) mass is 397 g/mol. The summed E-state index contributed by atoms with van der Waals surface area (Å²) in [5.41, 5.74) is 2.30. The number of hydrogen-bond acceptors (Lipinski definition) is 5. The van der Waals surface area contributed by atoms with E-state index in [0.717, 1.165) is 30.0 Å². The van der Waals surface area contributed by atoms with Crippen LogP contribution in [0.4, 0.5) is 0 Å². The molecule has 0 bridgehead atoms. The second kappa shape index (κ2) is 9.76. The zero-order chi connectivity index (χ0) is 20.8. The normalized spacial score (nSPS) is 17.2. The van der Waals surface area contributed by atoms with E-state index in [1.807, 2.05) is 50.3 Å². The van der Waals surface area contributed by atoms with E-state index in [0.29, 0.717) is 19.7 Å². The number of amides is 1. The molecule has 2 aromatic rings. The highest BCUT2D eigenvalue weighted by Crippen LogP contribution is 2.30. The van der Waals surface area contributed by atoms with E-state index >= 15 is 0 Å². The quantitative estimate of drug-likeness (QED) is 0.651. The topological polar surface area (TPSA) is 45.3 Å². The van der Waals surface area contributed by atoms with Crippen LogP contribution in [0.1, 0.15) is 17.3 Å². The number of carbonyl (C=O) groups is 1. The molecule has 3 rings (SSSR count). The average Bonchev–Trinajstić information content (AvgIpc) is 3.00. The van der Waals surface area contributed by atoms with E-state index in [-0.39, 0.29) is 12.1 Å². The maximum Gasteiger partial charge on any atom is 0.238 e. The summed E-state index contributed by atoms with van der Waals surface area (Å²) in [5, 5.41) is 0. The van der Waals surface area contributed by atoms with Crippen LogP contribution < -0.4 is 9.47 Å². The molecule has 0 aromatic heterocycles. The van der Waals surface area contributed by atoms with Crippen molar-refractivity contribution in [2.24, 2.45) is 0 Å². The fraction of sp³-hybridized carbons (Fsp3) is 0.435. The van der Waals surface area contributed by atoms with Gasteiger partial charge in [-0.2, -0.15) is 0 Å². The Balaban J connectivity index is 1.65. The zero-order valence-corrected chi connectivity index (χ0v) is 17.8. The van der Waals surface area contributed by atoms with Gasteiger partial charge in [0.25, 0.3) is 0 Å². The molecule has 0 radical (unpaired) electrons. The molecule has 1 fully saturated rings. The van der Waals surface area contributed by atoms with Gasteiger partial charge in [-0.1, -0.05) is 24.3 Å². The van der Waals surface area contributed by atoms with E-state index < -0.39 is 0 Å². The first-order valence-corrected chi connectivity index (χ1v) is 9.98. The number of rotatable bonds is 9. The van der Waals surface area contributed by atoms with Gasteiger partial charge in [0.1, 0.15) is 24.3 Å². The highest BCUT2D eigenvalue weighted by atomic mass is 16.5. The SMILES string of the molecule is COc1ccc(CCN2C(=O)CN(C)C2c2ccc(OCCN(C)C)cc2)cc1. The Labute approximate surface area is 173 Å². The number of hydrogen-bond donors (Lipinski definition) is 0. The Bertz CT molecular complexity index is 790. The number of carbonyl (C=O) groups excluding carboxylic acids is 1. The fourth-order valence-corrected chi connectivity index (χ4v) is 3.57. The number of ether oxygens (including phenoxy) is 2. The molecule has 156 valence electrons. The van der Waals surface area contributed by atoms with Crippen molar-refractivity contribution in [1.29, 1.82) is 0 Å². The molecule has 1 unspecified atom stereocenters. The smallest absolute Gasteiger partial charge is 0.238 e. The summed E-state index contributed by atoms with van der Waals surface area (Å²) in [6.45, 7) is 2.65. The van der Waals surface area contributed by atoms with Gasteiger partial charge in [-0.25, -0.2) is 0 Å². The summed E-state index contributed by atoms with van der Waals surface area (Å²) < 4.78 is 11.0. The molecule has 2 aromatic carbocycles. The highest BCUT2D eigenvalue weighted by molar-refractivity contribution is 5.81. The van der Waals surface area contributed by atoms with E-state index in [1.165, 1.54) is 5.56 Å². The van der Waals surface area contributed by atoms with Gasteiger partial charge in [-0.05, 0) is 63.0 Å². The second-order valence-electron chi connectivity index (χ2n) is 7.69. The lowest BCUT2D eigenvalue weighted by Crippen LogP contribution is -2.32. The Morgan fingerprint density at radius 1 is 1.03 bits per heavy atom. The minimum absolute atomic E-state index is 0.0448. The Morgan fingerprint density at radius 3 is 2.31 bits per heavy atom. The summed E-state index contributed by atoms with van der Waals surface area (Å²) in [6, 6.07) is 16.1. The maximum absolute atomic E-state index is 12.6. The van der Waals surface area contributed by atoms with Crippen LogP contribution in [-0.4, -0.2) is 75.1 Å². The zero-order valence-electron chi connectivity index (χ0n) is 17.8. The van der Waals surface area contributed by atoms with E-state index in [9.17, 15) is 4.79 Å². The van der Waals surface area contributed by atoms with Gasteiger partial charge >= 0.3 is 0 Å². The van der Waals surface area contributed by atoms with Crippen LogP contribution in [-0.2, 0) is 11.2 Å². The molecule has 1 heterocycles. The minimum Gasteiger partial charge on any atom is -0.497 e. The van der Waals surface area contributed by atoms with Crippen molar-refractivity contribution in [2.45, 2.75) is 12.6 Å². The first-order chi connectivity index (χ1) is 14.0. The van der Waals surface area contributed by atoms with Crippen molar-refractivity contribution in [2.75, 3.05) is 54.5 Å². The molecule has 0 aliphatic carbocycles. The molecule has 0 N–H and O–H groups in total. The maximum atomic E-state index is 12.6. The average molecular weight is 398 g/mol. The molecule has 1 atom stereocenters. The van der Waals surface area contributed by atoms with Gasteiger partial charge in [0.15, 0.2) is 0 Å². The van der Waals surface area contributed by atoms with E-state index in [4.69, 9.17) is 9.47 Å². The number of benzene rings is 2. The van der Waals surface area contributed by atoms with Crippen molar-refractivity contribution in [3.05, 3.63) is 59.7 Å². The van der Waals surface area contributed by atoms with Crippen LogP contribution >= 0.6 is 0 Å². The van der Waals surface area contributed by atoms with Gasteiger partial charge in [-0.3, -0.25) is 9.69 Å². The highest BCUT2D eigenvalue weighted by Gasteiger charge is 2.36. The van der Waals surface area contributed by atoms with Crippen LogP contribution in [0, 0.1) is 0 Å². The summed E-state index contributed by atoms with van der Waals surface area (Å²) in [6.07, 6.45) is 0.766. The van der Waals surface area contributed by atoms with Gasteiger partial charge in [0.05, 0.1) is 13.7 Å². The van der Waals surface area contributed by atoms with Gasteiger partial charge in [0, 0.05) is 13.1 Å². The van der Waals surface area contributed by atoms with Crippen LogP contribution in [0.15, 0.2) is 48.5 Å². The Morgan fingerprint density at radius 2 is 1.69 bits per heavy atom. The first-order valence-electron chi connectivity index (χ1n) is 9.98. The summed E-state index contributed by atoms with van der Waals surface area (Å²) in [7, 11) is 7.72. The predicted molar refractivity (Wildman–Crippen MR) is 114 cm³/mol. The minimum atomic E-state index is -0.0448. The van der Waals surface area contributed by atoms with Crippen LogP contribution in [0.25, 0.3) is 0 Å². The third-order valence-corrected chi connectivity index (χ3v) is 5.20. The fourth-order valence-electron chi connectivity index (χ4n) is 3.57. The first kappa shape index (κ1) is 21.1. The van der Waals surface area contributed by atoms with Crippen LogP contribution in [0.2, 0.25) is 0 Å². The van der Waals surface area contributed by atoms with Crippen molar-refractivity contribution < 1.29 is 14.3 Å². The molecular weight excluding hydrogens is 366 g/mol. The lowest BCUT2D eigenvalue weighted by molar-refractivity contribution is -0.128. The van der Waals surface area contributed by atoms with E-state index in [2.05, 4.69) is 34.1 Å². The summed E-state index contributed by atoms with van der Waals surface area (Å²) >= 11 is 0. The van der Waals surface area contributed by atoms with Gasteiger partial charge < -0.3 is 19.3 Å². The third-order valence-electron chi connectivity index (χ3n) is 5.20.